The van der Waals surface area contributed by atoms with E-state index in [0.29, 0.717) is 6.42 Å². The molecule has 1 N–H and O–H groups in total. The lowest BCUT2D eigenvalue weighted by Crippen LogP contribution is -2.20. The number of benzene rings is 1. The van der Waals surface area contributed by atoms with Crippen molar-refractivity contribution in [2.75, 3.05) is 0 Å². The first kappa shape index (κ1) is 13.1. The van der Waals surface area contributed by atoms with Crippen molar-refractivity contribution < 1.29 is 19.1 Å². The third kappa shape index (κ3) is 3.55. The minimum absolute atomic E-state index is 0.0578. The van der Waals surface area contributed by atoms with Gasteiger partial charge in [0.15, 0.2) is 11.5 Å². The zero-order chi connectivity index (χ0) is 13.7. The van der Waals surface area contributed by atoms with E-state index in [0.717, 1.165) is 5.56 Å². The molecule has 2 aromatic rings. The smallest absolute Gasteiger partial charge is 0.307 e. The summed E-state index contributed by atoms with van der Waals surface area (Å²) in [5.74, 6) is -1.78. The summed E-state index contributed by atoms with van der Waals surface area (Å²) in [4.78, 5) is 23.1. The average Bonchev–Trinajstić information content (AvgIpc) is 2.93. The number of carbonyl (C=O) groups excluding carboxylic acids is 1. The van der Waals surface area contributed by atoms with Crippen LogP contribution in [0.4, 0.5) is 0 Å². The highest BCUT2D eigenvalue weighted by Gasteiger charge is 2.23. The molecule has 0 aliphatic rings. The molecule has 0 aliphatic heterocycles. The van der Waals surface area contributed by atoms with Crippen molar-refractivity contribution in [1.29, 1.82) is 0 Å². The standard InChI is InChI=1S/C15H14O4/c16-13(14-7-4-8-19-14)10-12(15(17)18)9-11-5-2-1-3-6-11/h1-8,12H,9-10H2,(H,17,18). The summed E-state index contributed by atoms with van der Waals surface area (Å²) in [7, 11) is 0. The third-order valence-electron chi connectivity index (χ3n) is 2.90. The molecule has 4 nitrogen and oxygen atoms in total. The Bertz CT molecular complexity index is 543. The Morgan fingerprint density at radius 2 is 1.84 bits per heavy atom. The second-order valence-electron chi connectivity index (χ2n) is 4.33. The van der Waals surface area contributed by atoms with Gasteiger partial charge >= 0.3 is 5.97 Å². The van der Waals surface area contributed by atoms with E-state index in [9.17, 15) is 14.7 Å². The monoisotopic (exact) mass is 258 g/mol. The number of ketones is 1. The van der Waals surface area contributed by atoms with Crippen molar-refractivity contribution in [3.63, 3.8) is 0 Å². The van der Waals surface area contributed by atoms with E-state index in [4.69, 9.17) is 4.42 Å². The van der Waals surface area contributed by atoms with E-state index in [-0.39, 0.29) is 18.0 Å². The van der Waals surface area contributed by atoms with Crippen LogP contribution in [0.5, 0.6) is 0 Å². The normalized spacial score (nSPS) is 12.0. The van der Waals surface area contributed by atoms with E-state index >= 15 is 0 Å². The van der Waals surface area contributed by atoms with Crippen LogP contribution in [0, 0.1) is 5.92 Å². The summed E-state index contributed by atoms with van der Waals surface area (Å²) >= 11 is 0. The summed E-state index contributed by atoms with van der Waals surface area (Å²) in [6.45, 7) is 0. The first-order valence-corrected chi connectivity index (χ1v) is 6.00. The minimum atomic E-state index is -0.969. The lowest BCUT2D eigenvalue weighted by atomic mass is 9.94. The van der Waals surface area contributed by atoms with Crippen LogP contribution >= 0.6 is 0 Å². The second kappa shape index (κ2) is 6.00. The number of rotatable bonds is 6. The van der Waals surface area contributed by atoms with E-state index in [2.05, 4.69) is 0 Å². The maximum Gasteiger partial charge on any atom is 0.307 e. The summed E-state index contributed by atoms with van der Waals surface area (Å²) in [6.07, 6.45) is 1.68. The predicted molar refractivity (Wildman–Crippen MR) is 68.9 cm³/mol. The minimum Gasteiger partial charge on any atom is -0.481 e. The van der Waals surface area contributed by atoms with Crippen LogP contribution in [0.25, 0.3) is 0 Å². The summed E-state index contributed by atoms with van der Waals surface area (Å²) in [5, 5.41) is 9.20. The number of Topliss-reactive ketones (excluding diaryl/α,β-unsaturated/α-hetero) is 1. The fraction of sp³-hybridized carbons (Fsp3) is 0.200. The van der Waals surface area contributed by atoms with Crippen LogP contribution in [0.1, 0.15) is 22.5 Å². The van der Waals surface area contributed by atoms with Crippen molar-refractivity contribution in [2.45, 2.75) is 12.8 Å². The molecule has 0 amide bonds. The van der Waals surface area contributed by atoms with Crippen molar-refractivity contribution >= 4 is 11.8 Å². The van der Waals surface area contributed by atoms with Gasteiger partial charge < -0.3 is 9.52 Å². The zero-order valence-corrected chi connectivity index (χ0v) is 10.3. The molecule has 4 heteroatoms. The van der Waals surface area contributed by atoms with Gasteiger partial charge in [-0.1, -0.05) is 30.3 Å². The van der Waals surface area contributed by atoms with Gasteiger partial charge in [-0.2, -0.15) is 0 Å². The summed E-state index contributed by atoms with van der Waals surface area (Å²) < 4.78 is 4.98. The zero-order valence-electron chi connectivity index (χ0n) is 10.3. The Balaban J connectivity index is 2.05. The lowest BCUT2D eigenvalue weighted by Gasteiger charge is -2.10. The van der Waals surface area contributed by atoms with E-state index in [1.807, 2.05) is 30.3 Å². The molecular weight excluding hydrogens is 244 g/mol. The Morgan fingerprint density at radius 1 is 1.11 bits per heavy atom. The number of furan rings is 1. The fourth-order valence-electron chi connectivity index (χ4n) is 1.91. The summed E-state index contributed by atoms with van der Waals surface area (Å²) in [6, 6.07) is 12.4. The molecule has 1 aromatic carbocycles. The Morgan fingerprint density at radius 3 is 2.42 bits per heavy atom. The molecule has 0 fully saturated rings. The van der Waals surface area contributed by atoms with Gasteiger partial charge in [-0.15, -0.1) is 0 Å². The van der Waals surface area contributed by atoms with Gasteiger partial charge in [-0.05, 0) is 24.1 Å². The number of carbonyl (C=O) groups is 2. The highest BCUT2D eigenvalue weighted by molar-refractivity contribution is 5.95. The molecule has 0 spiro atoms. The van der Waals surface area contributed by atoms with Crippen LogP contribution in [0.15, 0.2) is 53.1 Å². The van der Waals surface area contributed by atoms with Gasteiger partial charge in [0.25, 0.3) is 0 Å². The lowest BCUT2D eigenvalue weighted by molar-refractivity contribution is -0.141. The topological polar surface area (TPSA) is 67.5 Å². The van der Waals surface area contributed by atoms with Crippen LogP contribution in [0.2, 0.25) is 0 Å². The summed E-state index contributed by atoms with van der Waals surface area (Å²) in [5.41, 5.74) is 0.905. The number of carboxylic acids is 1. The number of hydrogen-bond donors (Lipinski definition) is 1. The Labute approximate surface area is 110 Å². The molecule has 2 rings (SSSR count). The van der Waals surface area contributed by atoms with E-state index < -0.39 is 11.9 Å². The largest absolute Gasteiger partial charge is 0.481 e. The molecule has 0 saturated carbocycles. The Kier molecular flexibility index (Phi) is 4.13. The van der Waals surface area contributed by atoms with Crippen molar-refractivity contribution in [3.8, 4) is 0 Å². The van der Waals surface area contributed by atoms with Crippen molar-refractivity contribution in [1.82, 2.24) is 0 Å². The Hall–Kier alpha value is -2.36. The van der Waals surface area contributed by atoms with Crippen LogP contribution in [-0.2, 0) is 11.2 Å². The highest BCUT2D eigenvalue weighted by atomic mass is 16.4. The quantitative estimate of drug-likeness (QED) is 0.809. The molecule has 0 bridgehead atoms. The van der Waals surface area contributed by atoms with Crippen LogP contribution in [-0.4, -0.2) is 16.9 Å². The molecule has 19 heavy (non-hydrogen) atoms. The van der Waals surface area contributed by atoms with Gasteiger partial charge in [0, 0.05) is 6.42 Å². The number of carboxylic acid groups (broad SMARTS) is 1. The molecule has 1 unspecified atom stereocenters. The first-order valence-electron chi connectivity index (χ1n) is 6.00. The average molecular weight is 258 g/mol. The first-order chi connectivity index (χ1) is 9.16. The van der Waals surface area contributed by atoms with Crippen LogP contribution < -0.4 is 0 Å². The molecule has 0 aliphatic carbocycles. The molecule has 1 atom stereocenters. The van der Waals surface area contributed by atoms with Gasteiger partial charge in [-0.3, -0.25) is 9.59 Å². The SMILES string of the molecule is O=C(CC(Cc1ccccc1)C(=O)O)c1ccco1. The van der Waals surface area contributed by atoms with Crippen molar-refractivity contribution in [2.24, 2.45) is 5.92 Å². The maximum absolute atomic E-state index is 11.9. The maximum atomic E-state index is 11.9. The fourth-order valence-corrected chi connectivity index (χ4v) is 1.91. The van der Waals surface area contributed by atoms with Gasteiger partial charge in [0.05, 0.1) is 12.2 Å². The molecule has 0 saturated heterocycles. The van der Waals surface area contributed by atoms with Crippen molar-refractivity contribution in [3.05, 3.63) is 60.1 Å². The molecule has 98 valence electrons. The molecule has 1 heterocycles. The molecule has 0 radical (unpaired) electrons. The third-order valence-corrected chi connectivity index (χ3v) is 2.90. The highest BCUT2D eigenvalue weighted by Crippen LogP contribution is 2.16. The van der Waals surface area contributed by atoms with Gasteiger partial charge in [-0.25, -0.2) is 0 Å². The second-order valence-corrected chi connectivity index (χ2v) is 4.33. The molecular formula is C15H14O4. The van der Waals surface area contributed by atoms with Crippen LogP contribution in [0.3, 0.4) is 0 Å². The van der Waals surface area contributed by atoms with Gasteiger partial charge in [0.2, 0.25) is 0 Å². The predicted octanol–water partition coefficient (Wildman–Crippen LogP) is 2.80. The number of aliphatic carboxylic acids is 1. The van der Waals surface area contributed by atoms with E-state index in [1.54, 1.807) is 12.1 Å². The van der Waals surface area contributed by atoms with E-state index in [1.165, 1.54) is 6.26 Å². The van der Waals surface area contributed by atoms with Gasteiger partial charge in [0.1, 0.15) is 0 Å². The molecule has 1 aromatic heterocycles. The number of hydrogen-bond acceptors (Lipinski definition) is 3.